The fraction of sp³-hybridized carbons (Fsp3) is 0.810. The zero-order valence-corrected chi connectivity index (χ0v) is 16.8. The number of hydrogen-bond acceptors (Lipinski definition) is 5. The van der Waals surface area contributed by atoms with Crippen molar-refractivity contribution < 1.29 is 24.2 Å². The minimum atomic E-state index is -1.37. The first-order valence-corrected chi connectivity index (χ1v) is 10.2. The van der Waals surface area contributed by atoms with Crippen molar-refractivity contribution in [2.75, 3.05) is 6.61 Å². The van der Waals surface area contributed by atoms with Crippen molar-refractivity contribution in [1.82, 2.24) is 0 Å². The zero-order valence-electron chi connectivity index (χ0n) is 16.8. The van der Waals surface area contributed by atoms with Gasteiger partial charge in [0.2, 0.25) is 5.79 Å². The van der Waals surface area contributed by atoms with Gasteiger partial charge in [0, 0.05) is 24.0 Å². The van der Waals surface area contributed by atoms with Crippen LogP contribution in [0.5, 0.6) is 0 Å². The number of carbonyl (C=O) groups excluding carboxylic acids is 2. The first-order valence-electron chi connectivity index (χ1n) is 10.2. The lowest BCUT2D eigenvalue weighted by atomic mass is 9.98. The smallest absolute Gasteiger partial charge is 0.336 e. The van der Waals surface area contributed by atoms with E-state index in [0.717, 1.165) is 32.1 Å². The maximum atomic E-state index is 11.5. The van der Waals surface area contributed by atoms with Crippen LogP contribution in [0.1, 0.15) is 97.8 Å². The van der Waals surface area contributed by atoms with E-state index in [1.165, 1.54) is 32.1 Å². The summed E-state index contributed by atoms with van der Waals surface area (Å²) in [6.07, 6.45) is 12.2. The number of esters is 2. The lowest BCUT2D eigenvalue weighted by molar-refractivity contribution is -0.183. The van der Waals surface area contributed by atoms with E-state index >= 15 is 0 Å². The van der Waals surface area contributed by atoms with Gasteiger partial charge in [-0.3, -0.25) is 4.79 Å². The van der Waals surface area contributed by atoms with Crippen LogP contribution in [0.25, 0.3) is 0 Å². The molecule has 1 aliphatic heterocycles. The van der Waals surface area contributed by atoms with Crippen molar-refractivity contribution in [1.29, 1.82) is 0 Å². The van der Waals surface area contributed by atoms with Crippen LogP contribution < -0.4 is 0 Å². The van der Waals surface area contributed by atoms with Gasteiger partial charge in [0.05, 0.1) is 6.61 Å². The van der Waals surface area contributed by atoms with E-state index in [1.807, 2.05) is 6.92 Å². The molecule has 5 nitrogen and oxygen atoms in total. The summed E-state index contributed by atoms with van der Waals surface area (Å²) >= 11 is 0. The van der Waals surface area contributed by atoms with Crippen LogP contribution in [-0.2, 0) is 19.1 Å². The van der Waals surface area contributed by atoms with Crippen LogP contribution in [0.3, 0.4) is 0 Å². The Labute approximate surface area is 158 Å². The molecule has 0 unspecified atom stereocenters. The molecule has 0 bridgehead atoms. The third-order valence-corrected chi connectivity index (χ3v) is 5.17. The van der Waals surface area contributed by atoms with Crippen LogP contribution in [0.15, 0.2) is 11.1 Å². The summed E-state index contributed by atoms with van der Waals surface area (Å²) in [4.78, 5) is 22.7. The predicted octanol–water partition coefficient (Wildman–Crippen LogP) is 4.81. The number of cyclic esters (lactones) is 1. The van der Waals surface area contributed by atoms with Crippen molar-refractivity contribution >= 4 is 11.9 Å². The fourth-order valence-corrected chi connectivity index (χ4v) is 3.27. The van der Waals surface area contributed by atoms with Gasteiger partial charge < -0.3 is 14.6 Å². The lowest BCUT2D eigenvalue weighted by Gasteiger charge is -2.23. The highest BCUT2D eigenvalue weighted by Crippen LogP contribution is 2.34. The van der Waals surface area contributed by atoms with E-state index < -0.39 is 11.8 Å². The molecule has 1 rings (SSSR count). The quantitative estimate of drug-likeness (QED) is 0.352. The lowest BCUT2D eigenvalue weighted by Crippen LogP contribution is -2.30. The average Bonchev–Trinajstić information content (AvgIpc) is 2.79. The highest BCUT2D eigenvalue weighted by Gasteiger charge is 2.41. The fourth-order valence-electron chi connectivity index (χ4n) is 3.27. The summed E-state index contributed by atoms with van der Waals surface area (Å²) in [7, 11) is 0. The number of carbonyl (C=O) groups is 2. The molecule has 1 aliphatic rings. The Morgan fingerprint density at radius 3 is 1.92 bits per heavy atom. The van der Waals surface area contributed by atoms with E-state index in [1.54, 1.807) is 13.8 Å². The third-order valence-electron chi connectivity index (χ3n) is 5.17. The van der Waals surface area contributed by atoms with Crippen molar-refractivity contribution in [2.24, 2.45) is 0 Å². The first-order chi connectivity index (χ1) is 12.4. The van der Waals surface area contributed by atoms with Crippen LogP contribution >= 0.6 is 0 Å². The Hall–Kier alpha value is -1.36. The number of aliphatic hydroxyl groups is 1. The third kappa shape index (κ3) is 7.90. The minimum absolute atomic E-state index is 0.0784. The van der Waals surface area contributed by atoms with Crippen molar-refractivity contribution in [3.63, 3.8) is 0 Å². The van der Waals surface area contributed by atoms with Gasteiger partial charge in [0.1, 0.15) is 0 Å². The Morgan fingerprint density at radius 1 is 0.962 bits per heavy atom. The second-order valence-electron chi connectivity index (χ2n) is 7.26. The summed E-state index contributed by atoms with van der Waals surface area (Å²) in [5.74, 6) is -1.84. The molecule has 0 aliphatic carbocycles. The molecule has 1 N–H and O–H groups in total. The molecule has 0 fully saturated rings. The van der Waals surface area contributed by atoms with E-state index in [-0.39, 0.29) is 5.97 Å². The molecule has 0 aromatic heterocycles. The van der Waals surface area contributed by atoms with E-state index in [0.29, 0.717) is 30.6 Å². The molecule has 0 aromatic rings. The average molecular weight is 369 g/mol. The van der Waals surface area contributed by atoms with E-state index in [2.05, 4.69) is 0 Å². The molecule has 5 heteroatoms. The van der Waals surface area contributed by atoms with Gasteiger partial charge in [-0.2, -0.15) is 0 Å². The van der Waals surface area contributed by atoms with E-state index in [9.17, 15) is 14.7 Å². The highest BCUT2D eigenvalue weighted by molar-refractivity contribution is 5.91. The maximum absolute atomic E-state index is 11.5. The largest absolute Gasteiger partial charge is 0.466 e. The monoisotopic (exact) mass is 368 g/mol. The van der Waals surface area contributed by atoms with Gasteiger partial charge in [-0.15, -0.1) is 0 Å². The van der Waals surface area contributed by atoms with Crippen LogP contribution in [0.4, 0.5) is 0 Å². The molecule has 26 heavy (non-hydrogen) atoms. The Bertz CT molecular complexity index is 483. The molecule has 0 aromatic carbocycles. The summed E-state index contributed by atoms with van der Waals surface area (Å²) in [5.41, 5.74) is 1.19. The Morgan fingerprint density at radius 2 is 1.46 bits per heavy atom. The molecular weight excluding hydrogens is 332 g/mol. The molecule has 1 heterocycles. The Kier molecular flexibility index (Phi) is 10.6. The molecule has 0 saturated carbocycles. The summed E-state index contributed by atoms with van der Waals surface area (Å²) in [6.45, 7) is 5.78. The molecule has 0 spiro atoms. The second-order valence-corrected chi connectivity index (χ2v) is 7.26. The van der Waals surface area contributed by atoms with Crippen molar-refractivity contribution in [2.45, 2.75) is 104 Å². The summed E-state index contributed by atoms with van der Waals surface area (Å²) < 4.78 is 10.0. The maximum Gasteiger partial charge on any atom is 0.336 e. The van der Waals surface area contributed by atoms with E-state index in [4.69, 9.17) is 9.47 Å². The molecule has 1 atom stereocenters. The molecular formula is C21H36O5. The van der Waals surface area contributed by atoms with Crippen molar-refractivity contribution in [3.05, 3.63) is 11.1 Å². The molecule has 0 saturated heterocycles. The molecule has 0 amide bonds. The van der Waals surface area contributed by atoms with Gasteiger partial charge in [-0.25, -0.2) is 4.79 Å². The van der Waals surface area contributed by atoms with Crippen LogP contribution in [0, 0.1) is 0 Å². The SMILES string of the molecule is CCOC(=O)CCCCCCCCCCCC[C@]1(O)OC(=O)C(C)=C1C. The normalized spacial score (nSPS) is 19.8. The van der Waals surface area contributed by atoms with Gasteiger partial charge in [-0.1, -0.05) is 51.4 Å². The number of hydrogen-bond donors (Lipinski definition) is 1. The van der Waals surface area contributed by atoms with Gasteiger partial charge in [0.25, 0.3) is 0 Å². The molecule has 0 radical (unpaired) electrons. The standard InChI is InChI=1S/C21H36O5/c1-4-25-19(22)15-13-11-9-7-5-6-8-10-12-14-16-21(24)18(3)17(2)20(23)26-21/h24H,4-16H2,1-3H3/t21-/m0/s1. The number of unbranched alkanes of at least 4 members (excludes halogenated alkanes) is 9. The predicted molar refractivity (Wildman–Crippen MR) is 101 cm³/mol. The molecule has 150 valence electrons. The first kappa shape index (κ1) is 22.7. The highest BCUT2D eigenvalue weighted by atomic mass is 16.7. The minimum Gasteiger partial charge on any atom is -0.466 e. The van der Waals surface area contributed by atoms with Gasteiger partial charge in [-0.05, 0) is 33.6 Å². The number of ether oxygens (including phenoxy) is 2. The van der Waals surface area contributed by atoms with Gasteiger partial charge >= 0.3 is 11.9 Å². The Balaban J connectivity index is 1.91. The zero-order chi connectivity index (χ0) is 19.4. The van der Waals surface area contributed by atoms with Crippen molar-refractivity contribution in [3.8, 4) is 0 Å². The second kappa shape index (κ2) is 12.1. The topological polar surface area (TPSA) is 72.8 Å². The van der Waals surface area contributed by atoms with Gasteiger partial charge in [0.15, 0.2) is 0 Å². The van der Waals surface area contributed by atoms with Crippen LogP contribution in [-0.4, -0.2) is 29.4 Å². The van der Waals surface area contributed by atoms with Crippen LogP contribution in [0.2, 0.25) is 0 Å². The number of rotatable bonds is 14. The summed E-state index contributed by atoms with van der Waals surface area (Å²) in [6, 6.07) is 0. The summed E-state index contributed by atoms with van der Waals surface area (Å²) in [5, 5.41) is 10.4.